The van der Waals surface area contributed by atoms with E-state index in [4.69, 9.17) is 4.74 Å². The highest BCUT2D eigenvalue weighted by Crippen LogP contribution is 2.65. The molecule has 1 N–H and O–H groups in total. The Kier molecular flexibility index (Phi) is 7.67. The summed E-state index contributed by atoms with van der Waals surface area (Å²) in [5.74, 6) is -3.92. The Bertz CT molecular complexity index is 1870. The number of allylic oxidation sites excluding steroid dienone is 4. The molecule has 0 bridgehead atoms. The molecule has 7 rings (SSSR count). The van der Waals surface area contributed by atoms with E-state index in [0.717, 1.165) is 5.57 Å². The molecule has 4 aliphatic rings. The topological polar surface area (TPSA) is 101 Å². The van der Waals surface area contributed by atoms with E-state index < -0.39 is 35.0 Å². The highest BCUT2D eigenvalue weighted by Gasteiger charge is 2.66. The number of Topliss-reactive ketones (excluding diaryl/α,β-unsaturated/α-hetero) is 1. The molecule has 6 unspecified atom stereocenters. The van der Waals surface area contributed by atoms with Crippen molar-refractivity contribution in [3.8, 4) is 11.5 Å². The lowest BCUT2D eigenvalue weighted by Gasteiger charge is -2.55. The van der Waals surface area contributed by atoms with Crippen LogP contribution in [0.5, 0.6) is 11.5 Å². The average Bonchev–Trinajstić information content (AvgIpc) is 3.33. The summed E-state index contributed by atoms with van der Waals surface area (Å²) in [6.07, 6.45) is 4.10. The number of halogens is 2. The number of likely N-dealkylation sites (tertiary alicyclic amines) is 1. The number of imide groups is 1. The predicted octanol–water partition coefficient (Wildman–Crippen LogP) is 6.77. The molecule has 3 aliphatic carbocycles. The first-order chi connectivity index (χ1) is 22.2. The SMILES string of the molecule is CCN1C(=O)C2CC=C3C(CC4C(=O)C(c5ccccc5)=CC(=O)C4(c4ccccc4)C3c3cc(OC)c(O)c(Br)c3Br)C2C1=O. The maximum atomic E-state index is 15.1. The first-order valence-electron chi connectivity index (χ1n) is 15.4. The van der Waals surface area contributed by atoms with Crippen molar-refractivity contribution in [3.05, 3.63) is 110 Å². The molecule has 2 amide bonds. The van der Waals surface area contributed by atoms with Crippen molar-refractivity contribution in [3.63, 3.8) is 0 Å². The van der Waals surface area contributed by atoms with Crippen molar-refractivity contribution >= 4 is 60.8 Å². The number of hydrogen-bond donors (Lipinski definition) is 1. The predicted molar refractivity (Wildman–Crippen MR) is 179 cm³/mol. The van der Waals surface area contributed by atoms with Gasteiger partial charge in [-0.2, -0.15) is 0 Å². The summed E-state index contributed by atoms with van der Waals surface area (Å²) in [6.45, 7) is 2.07. The van der Waals surface area contributed by atoms with Crippen LogP contribution in [-0.2, 0) is 24.6 Å². The van der Waals surface area contributed by atoms with Gasteiger partial charge in [0.05, 0.1) is 28.8 Å². The monoisotopic (exact) mass is 743 g/mol. The second kappa shape index (κ2) is 11.5. The maximum absolute atomic E-state index is 15.1. The van der Waals surface area contributed by atoms with Crippen LogP contribution in [-0.4, -0.2) is 47.0 Å². The molecule has 234 valence electrons. The molecule has 3 aromatic carbocycles. The van der Waals surface area contributed by atoms with Crippen LogP contribution < -0.4 is 4.74 Å². The van der Waals surface area contributed by atoms with Crippen LogP contribution in [0, 0.1) is 23.7 Å². The maximum Gasteiger partial charge on any atom is 0.233 e. The molecule has 6 atom stereocenters. The Balaban J connectivity index is 1.56. The Hall–Kier alpha value is -3.82. The van der Waals surface area contributed by atoms with E-state index in [9.17, 15) is 19.5 Å². The van der Waals surface area contributed by atoms with Crippen molar-refractivity contribution in [2.24, 2.45) is 23.7 Å². The molecule has 2 fully saturated rings. The lowest BCUT2D eigenvalue weighted by atomic mass is 9.44. The lowest BCUT2D eigenvalue weighted by Crippen LogP contribution is -2.59. The molecule has 7 nitrogen and oxygen atoms in total. The molecule has 1 saturated carbocycles. The molecule has 1 aliphatic heterocycles. The number of benzene rings is 3. The van der Waals surface area contributed by atoms with Gasteiger partial charge in [0.2, 0.25) is 11.8 Å². The van der Waals surface area contributed by atoms with Gasteiger partial charge in [-0.3, -0.25) is 24.1 Å². The fourth-order valence-corrected chi connectivity index (χ4v) is 9.53. The van der Waals surface area contributed by atoms with Gasteiger partial charge in [0.25, 0.3) is 0 Å². The van der Waals surface area contributed by atoms with Gasteiger partial charge in [-0.1, -0.05) is 72.3 Å². The third kappa shape index (κ3) is 4.20. The largest absolute Gasteiger partial charge is 0.503 e. The van der Waals surface area contributed by atoms with Crippen LogP contribution in [0.15, 0.2) is 93.4 Å². The highest BCUT2D eigenvalue weighted by molar-refractivity contribution is 9.13. The van der Waals surface area contributed by atoms with E-state index in [2.05, 4.69) is 31.9 Å². The minimum absolute atomic E-state index is 0.110. The third-order valence-electron chi connectivity index (χ3n) is 10.5. The zero-order chi connectivity index (χ0) is 32.5. The first-order valence-corrected chi connectivity index (χ1v) is 17.0. The minimum Gasteiger partial charge on any atom is -0.503 e. The van der Waals surface area contributed by atoms with Gasteiger partial charge < -0.3 is 9.84 Å². The van der Waals surface area contributed by atoms with E-state index in [1.165, 1.54) is 18.1 Å². The normalized spacial score (nSPS) is 28.7. The molecule has 1 heterocycles. The summed E-state index contributed by atoms with van der Waals surface area (Å²) < 4.78 is 6.44. The Labute approximate surface area is 283 Å². The molecule has 3 aromatic rings. The molecule has 1 saturated heterocycles. The molecule has 0 spiro atoms. The van der Waals surface area contributed by atoms with Crippen molar-refractivity contribution < 1.29 is 29.0 Å². The second-order valence-electron chi connectivity index (χ2n) is 12.4. The Morgan fingerprint density at radius 1 is 0.935 bits per heavy atom. The number of fused-ring (bicyclic) bond motifs is 4. The van der Waals surface area contributed by atoms with E-state index >= 15 is 4.79 Å². The Morgan fingerprint density at radius 3 is 2.26 bits per heavy atom. The zero-order valence-corrected chi connectivity index (χ0v) is 28.4. The highest BCUT2D eigenvalue weighted by atomic mass is 79.9. The van der Waals surface area contributed by atoms with Crippen LogP contribution in [0.4, 0.5) is 0 Å². The van der Waals surface area contributed by atoms with Gasteiger partial charge in [-0.05, 0) is 86.4 Å². The van der Waals surface area contributed by atoms with E-state index in [-0.39, 0.29) is 47.8 Å². The van der Waals surface area contributed by atoms with E-state index in [1.54, 1.807) is 13.0 Å². The van der Waals surface area contributed by atoms with Gasteiger partial charge in [-0.15, -0.1) is 0 Å². The van der Waals surface area contributed by atoms with Crippen LogP contribution in [0.2, 0.25) is 0 Å². The number of ether oxygens (including phenoxy) is 1. The summed E-state index contributed by atoms with van der Waals surface area (Å²) in [5, 5.41) is 10.9. The third-order valence-corrected chi connectivity index (χ3v) is 12.6. The van der Waals surface area contributed by atoms with Gasteiger partial charge in [0.15, 0.2) is 23.1 Å². The summed E-state index contributed by atoms with van der Waals surface area (Å²) in [4.78, 5) is 58.7. The fraction of sp³-hybridized carbons (Fsp3) is 0.297. The van der Waals surface area contributed by atoms with Crippen molar-refractivity contribution in [2.45, 2.75) is 31.1 Å². The number of rotatable bonds is 5. The van der Waals surface area contributed by atoms with Crippen molar-refractivity contribution in [1.82, 2.24) is 4.90 Å². The number of methoxy groups -OCH3 is 1. The number of phenolic OH excluding ortho intramolecular Hbond substituents is 1. The number of phenols is 1. The van der Waals surface area contributed by atoms with Crippen LogP contribution in [0.1, 0.15) is 42.4 Å². The number of nitrogens with zero attached hydrogens (tertiary/aromatic N) is 1. The van der Waals surface area contributed by atoms with Crippen molar-refractivity contribution in [2.75, 3.05) is 13.7 Å². The quantitative estimate of drug-likeness (QED) is 0.229. The van der Waals surface area contributed by atoms with Gasteiger partial charge >= 0.3 is 0 Å². The standard InChI is InChI=1S/C37H31Br2NO6/c1-3-40-35(44)22-15-14-21-24(29(22)36(40)45)16-26-33(42)23(19-10-6-4-7-11-19)18-28(41)37(26,20-12-8-5-9-13-20)30(21)25-17-27(46-2)34(43)32(39)31(25)38/h4-14,17-18,22,24,26,29-30,43H,3,15-16H2,1-2H3. The smallest absolute Gasteiger partial charge is 0.233 e. The molecule has 0 radical (unpaired) electrons. The van der Waals surface area contributed by atoms with Crippen LogP contribution in [0.25, 0.3) is 5.57 Å². The van der Waals surface area contributed by atoms with E-state index in [1.807, 2.05) is 66.7 Å². The lowest BCUT2D eigenvalue weighted by molar-refractivity contribution is -0.140. The summed E-state index contributed by atoms with van der Waals surface area (Å²) in [6, 6.07) is 20.3. The average molecular weight is 745 g/mol. The molecule has 0 aromatic heterocycles. The van der Waals surface area contributed by atoms with Crippen LogP contribution >= 0.6 is 31.9 Å². The zero-order valence-electron chi connectivity index (χ0n) is 25.2. The summed E-state index contributed by atoms with van der Waals surface area (Å²) >= 11 is 7.23. The van der Waals surface area contributed by atoms with E-state index in [0.29, 0.717) is 37.6 Å². The van der Waals surface area contributed by atoms with Gasteiger partial charge in [0.1, 0.15) is 0 Å². The number of amides is 2. The number of ketones is 2. The summed E-state index contributed by atoms with van der Waals surface area (Å²) in [5.41, 5.74) is 1.78. The molecule has 9 heteroatoms. The van der Waals surface area contributed by atoms with Crippen LogP contribution in [0.3, 0.4) is 0 Å². The summed E-state index contributed by atoms with van der Waals surface area (Å²) in [7, 11) is 1.45. The Morgan fingerprint density at radius 2 is 1.61 bits per heavy atom. The first kappa shape index (κ1) is 30.8. The molecule has 46 heavy (non-hydrogen) atoms. The van der Waals surface area contributed by atoms with Gasteiger partial charge in [0, 0.05) is 28.4 Å². The fourth-order valence-electron chi connectivity index (χ4n) is 8.57. The second-order valence-corrected chi connectivity index (χ2v) is 13.9. The minimum atomic E-state index is -1.38. The van der Waals surface area contributed by atoms with Crippen molar-refractivity contribution in [1.29, 1.82) is 0 Å². The number of hydrogen-bond acceptors (Lipinski definition) is 6. The number of carbonyl (C=O) groups is 4. The molecular weight excluding hydrogens is 714 g/mol. The molecular formula is C37H31Br2NO6. The van der Waals surface area contributed by atoms with Gasteiger partial charge in [-0.25, -0.2) is 0 Å². The number of aromatic hydroxyl groups is 1. The number of carbonyl (C=O) groups excluding carboxylic acids is 4.